The molecule has 0 radical (unpaired) electrons. The van der Waals surface area contributed by atoms with Crippen molar-refractivity contribution in [2.24, 2.45) is 5.92 Å². The van der Waals surface area contributed by atoms with Gasteiger partial charge in [-0.2, -0.15) is 0 Å². The van der Waals surface area contributed by atoms with Crippen LogP contribution in [0.4, 0.5) is 10.6 Å². The van der Waals surface area contributed by atoms with E-state index < -0.39 is 23.3 Å². The van der Waals surface area contributed by atoms with Gasteiger partial charge in [0.15, 0.2) is 5.82 Å². The standard InChI is InChI=1S/C18H32N4O4/c1-12(2)8-13(20-16(25)26-17(3,4)5)15(24)21-14-9-22(11-19-14)18(6,7)10-23/h9,11-13,23H,8,10H2,1-7H3,(H,20,25)(H,21,24). The molecule has 1 rings (SSSR count). The highest BCUT2D eigenvalue weighted by Gasteiger charge is 2.26. The fourth-order valence-corrected chi connectivity index (χ4v) is 2.17. The Labute approximate surface area is 155 Å². The smallest absolute Gasteiger partial charge is 0.408 e. The van der Waals surface area contributed by atoms with Crippen molar-refractivity contribution in [1.29, 1.82) is 0 Å². The highest BCUT2D eigenvalue weighted by molar-refractivity contribution is 5.95. The van der Waals surface area contributed by atoms with Crippen LogP contribution in [0.5, 0.6) is 0 Å². The van der Waals surface area contributed by atoms with Gasteiger partial charge in [-0.1, -0.05) is 13.8 Å². The van der Waals surface area contributed by atoms with Crippen LogP contribution in [-0.2, 0) is 15.1 Å². The zero-order chi connectivity index (χ0) is 20.1. The summed E-state index contributed by atoms with van der Waals surface area (Å²) >= 11 is 0. The normalized spacial score (nSPS) is 13.4. The van der Waals surface area contributed by atoms with Crippen LogP contribution < -0.4 is 10.6 Å². The molecule has 148 valence electrons. The van der Waals surface area contributed by atoms with Gasteiger partial charge in [0, 0.05) is 6.20 Å². The number of anilines is 1. The summed E-state index contributed by atoms with van der Waals surface area (Å²) in [6, 6.07) is -0.735. The number of imidazole rings is 1. The maximum absolute atomic E-state index is 12.6. The summed E-state index contributed by atoms with van der Waals surface area (Å²) in [7, 11) is 0. The van der Waals surface area contributed by atoms with E-state index in [1.807, 2.05) is 27.7 Å². The Morgan fingerprint density at radius 1 is 1.27 bits per heavy atom. The number of carbonyl (C=O) groups is 2. The van der Waals surface area contributed by atoms with E-state index in [4.69, 9.17) is 4.74 Å². The molecule has 0 spiro atoms. The molecule has 0 aliphatic rings. The predicted molar refractivity (Wildman–Crippen MR) is 99.9 cm³/mol. The number of hydrogen-bond acceptors (Lipinski definition) is 5. The highest BCUT2D eigenvalue weighted by atomic mass is 16.6. The minimum Gasteiger partial charge on any atom is -0.444 e. The Kier molecular flexibility index (Phi) is 7.20. The van der Waals surface area contributed by atoms with Crippen LogP contribution in [0.2, 0.25) is 0 Å². The molecule has 1 unspecified atom stereocenters. The predicted octanol–water partition coefficient (Wildman–Crippen LogP) is 2.49. The van der Waals surface area contributed by atoms with Crippen molar-refractivity contribution in [3.05, 3.63) is 12.5 Å². The van der Waals surface area contributed by atoms with E-state index in [0.717, 1.165) is 0 Å². The summed E-state index contributed by atoms with van der Waals surface area (Å²) in [5.74, 6) is 0.194. The molecule has 26 heavy (non-hydrogen) atoms. The molecule has 0 bridgehead atoms. The molecule has 8 nitrogen and oxygen atoms in total. The second-order valence-electron chi connectivity index (χ2n) is 8.45. The minimum atomic E-state index is -0.735. The second-order valence-corrected chi connectivity index (χ2v) is 8.45. The van der Waals surface area contributed by atoms with Gasteiger partial charge in [-0.05, 0) is 47.0 Å². The maximum atomic E-state index is 12.6. The van der Waals surface area contributed by atoms with Crippen molar-refractivity contribution in [2.75, 3.05) is 11.9 Å². The summed E-state index contributed by atoms with van der Waals surface area (Å²) in [4.78, 5) is 28.8. The number of rotatable bonds is 7. The van der Waals surface area contributed by atoms with Crippen LogP contribution in [0.3, 0.4) is 0 Å². The first-order valence-corrected chi connectivity index (χ1v) is 8.80. The van der Waals surface area contributed by atoms with E-state index in [1.165, 1.54) is 0 Å². The highest BCUT2D eigenvalue weighted by Crippen LogP contribution is 2.17. The van der Waals surface area contributed by atoms with Gasteiger partial charge in [-0.3, -0.25) is 4.79 Å². The van der Waals surface area contributed by atoms with Gasteiger partial charge in [0.05, 0.1) is 18.5 Å². The van der Waals surface area contributed by atoms with E-state index in [2.05, 4.69) is 15.6 Å². The number of carbonyl (C=O) groups excluding carboxylic acids is 2. The molecule has 3 N–H and O–H groups in total. The van der Waals surface area contributed by atoms with Crippen LogP contribution in [0, 0.1) is 5.92 Å². The lowest BCUT2D eigenvalue weighted by atomic mass is 10.0. The van der Waals surface area contributed by atoms with E-state index in [9.17, 15) is 14.7 Å². The van der Waals surface area contributed by atoms with Gasteiger partial charge in [-0.15, -0.1) is 0 Å². The molecule has 0 aliphatic carbocycles. The Bertz CT molecular complexity index is 617. The van der Waals surface area contributed by atoms with Crippen LogP contribution in [0.25, 0.3) is 0 Å². The van der Waals surface area contributed by atoms with Gasteiger partial charge < -0.3 is 25.0 Å². The molecule has 8 heteroatoms. The molecule has 0 saturated carbocycles. The summed E-state index contributed by atoms with van der Waals surface area (Å²) in [6.45, 7) is 12.9. The molecule has 2 amide bonds. The van der Waals surface area contributed by atoms with Crippen molar-refractivity contribution in [1.82, 2.24) is 14.9 Å². The maximum Gasteiger partial charge on any atom is 0.408 e. The average molecular weight is 368 g/mol. The fraction of sp³-hybridized carbons (Fsp3) is 0.722. The number of nitrogens with zero attached hydrogens (tertiary/aromatic N) is 2. The van der Waals surface area contributed by atoms with Gasteiger partial charge in [-0.25, -0.2) is 9.78 Å². The molecule has 0 saturated heterocycles. The Balaban J connectivity index is 2.82. The first-order chi connectivity index (χ1) is 11.8. The minimum absolute atomic E-state index is 0.0626. The summed E-state index contributed by atoms with van der Waals surface area (Å²) in [5, 5.41) is 14.8. The number of aliphatic hydroxyl groups is 1. The lowest BCUT2D eigenvalue weighted by Gasteiger charge is -2.24. The summed E-state index contributed by atoms with van der Waals surface area (Å²) < 4.78 is 6.96. The summed E-state index contributed by atoms with van der Waals surface area (Å²) in [5.41, 5.74) is -1.17. The molecule has 1 heterocycles. The quantitative estimate of drug-likeness (QED) is 0.686. The third kappa shape index (κ3) is 7.03. The molecular formula is C18H32N4O4. The average Bonchev–Trinajstić information content (AvgIpc) is 2.93. The third-order valence-corrected chi connectivity index (χ3v) is 3.63. The van der Waals surface area contributed by atoms with Crippen molar-refractivity contribution in [3.8, 4) is 0 Å². The second kappa shape index (κ2) is 8.53. The largest absolute Gasteiger partial charge is 0.444 e. The zero-order valence-electron chi connectivity index (χ0n) is 16.8. The van der Waals surface area contributed by atoms with Gasteiger partial charge in [0.25, 0.3) is 0 Å². The lowest BCUT2D eigenvalue weighted by Crippen LogP contribution is -2.46. The topological polar surface area (TPSA) is 105 Å². The Morgan fingerprint density at radius 2 is 1.88 bits per heavy atom. The first kappa shape index (κ1) is 22.0. The third-order valence-electron chi connectivity index (χ3n) is 3.63. The monoisotopic (exact) mass is 368 g/mol. The van der Waals surface area contributed by atoms with E-state index in [0.29, 0.717) is 12.2 Å². The van der Waals surface area contributed by atoms with Crippen LogP contribution in [0.1, 0.15) is 54.9 Å². The number of alkyl carbamates (subject to hydrolysis) is 1. The lowest BCUT2D eigenvalue weighted by molar-refractivity contribution is -0.118. The van der Waals surface area contributed by atoms with E-state index in [1.54, 1.807) is 37.9 Å². The first-order valence-electron chi connectivity index (χ1n) is 8.80. The number of hydrogen-bond donors (Lipinski definition) is 3. The fourth-order valence-electron chi connectivity index (χ4n) is 2.17. The SMILES string of the molecule is CC(C)CC(NC(=O)OC(C)(C)C)C(=O)Nc1cn(C(C)(C)CO)cn1. The number of amides is 2. The molecule has 1 aromatic rings. The molecule has 1 aromatic heterocycles. The van der Waals surface area contributed by atoms with E-state index >= 15 is 0 Å². The molecule has 0 aliphatic heterocycles. The number of nitrogens with one attached hydrogen (secondary N) is 2. The number of aliphatic hydroxyl groups excluding tert-OH is 1. The zero-order valence-corrected chi connectivity index (χ0v) is 16.8. The van der Waals surface area contributed by atoms with Crippen LogP contribution in [0.15, 0.2) is 12.5 Å². The summed E-state index contributed by atoms with van der Waals surface area (Å²) in [6.07, 6.45) is 3.03. The Hall–Kier alpha value is -2.09. The molecule has 0 aromatic carbocycles. The van der Waals surface area contributed by atoms with Gasteiger partial charge in [0.2, 0.25) is 5.91 Å². The molecule has 0 fully saturated rings. The van der Waals surface area contributed by atoms with Crippen molar-refractivity contribution < 1.29 is 19.4 Å². The van der Waals surface area contributed by atoms with Crippen molar-refractivity contribution in [2.45, 2.75) is 72.1 Å². The molecule has 1 atom stereocenters. The Morgan fingerprint density at radius 3 is 2.38 bits per heavy atom. The van der Waals surface area contributed by atoms with Gasteiger partial charge in [0.1, 0.15) is 11.6 Å². The van der Waals surface area contributed by atoms with Crippen LogP contribution >= 0.6 is 0 Å². The van der Waals surface area contributed by atoms with Crippen molar-refractivity contribution >= 4 is 17.8 Å². The number of aromatic nitrogens is 2. The van der Waals surface area contributed by atoms with Crippen molar-refractivity contribution in [3.63, 3.8) is 0 Å². The molecular weight excluding hydrogens is 336 g/mol. The van der Waals surface area contributed by atoms with Gasteiger partial charge >= 0.3 is 6.09 Å². The van der Waals surface area contributed by atoms with Crippen LogP contribution in [-0.4, -0.2) is 44.9 Å². The van der Waals surface area contributed by atoms with E-state index in [-0.39, 0.29) is 18.4 Å². The number of ether oxygens (including phenoxy) is 1.